The molecule has 5 nitrogen and oxygen atoms in total. The van der Waals surface area contributed by atoms with Crippen molar-refractivity contribution in [1.29, 1.82) is 0 Å². The second-order valence-corrected chi connectivity index (χ2v) is 6.72. The third-order valence-electron chi connectivity index (χ3n) is 3.25. The summed E-state index contributed by atoms with van der Waals surface area (Å²) in [7, 11) is 0. The molecule has 0 aromatic heterocycles. The molecule has 0 saturated heterocycles. The van der Waals surface area contributed by atoms with Crippen LogP contribution < -0.4 is 9.47 Å². The number of carbonyl (C=O) groups excluding carboxylic acids is 2. The number of halogens is 1. The van der Waals surface area contributed by atoms with E-state index in [1.165, 1.54) is 6.07 Å². The summed E-state index contributed by atoms with van der Waals surface area (Å²) in [5, 5.41) is 0. The van der Waals surface area contributed by atoms with Crippen LogP contribution >= 0.6 is 15.9 Å². The van der Waals surface area contributed by atoms with Gasteiger partial charge >= 0.3 is 11.9 Å². The molecule has 0 fully saturated rings. The van der Waals surface area contributed by atoms with Crippen LogP contribution in [0.25, 0.3) is 0 Å². The summed E-state index contributed by atoms with van der Waals surface area (Å²) < 4.78 is 16.7. The van der Waals surface area contributed by atoms with Gasteiger partial charge in [0.15, 0.2) is 0 Å². The van der Waals surface area contributed by atoms with Crippen molar-refractivity contribution in [1.82, 2.24) is 0 Å². The third kappa shape index (κ3) is 5.59. The Bertz CT molecular complexity index is 786. The predicted molar refractivity (Wildman–Crippen MR) is 102 cm³/mol. The van der Waals surface area contributed by atoms with E-state index in [2.05, 4.69) is 15.9 Å². The van der Waals surface area contributed by atoms with Crippen molar-refractivity contribution in [2.24, 2.45) is 0 Å². The van der Waals surface area contributed by atoms with Crippen LogP contribution in [-0.2, 0) is 4.74 Å². The fourth-order valence-corrected chi connectivity index (χ4v) is 2.58. The van der Waals surface area contributed by atoms with Crippen molar-refractivity contribution in [3.05, 3.63) is 58.1 Å². The molecule has 2 aromatic rings. The van der Waals surface area contributed by atoms with E-state index in [1.807, 2.05) is 6.92 Å². The summed E-state index contributed by atoms with van der Waals surface area (Å²) in [5.41, 5.74) is 0.698. The van der Waals surface area contributed by atoms with E-state index in [1.54, 1.807) is 50.2 Å². The fourth-order valence-electron chi connectivity index (χ4n) is 2.09. The molecule has 0 aliphatic heterocycles. The molecule has 0 atom stereocenters. The van der Waals surface area contributed by atoms with Crippen molar-refractivity contribution < 1.29 is 23.8 Å². The molecular formula is C20H21BrO5. The summed E-state index contributed by atoms with van der Waals surface area (Å²) in [4.78, 5) is 24.3. The van der Waals surface area contributed by atoms with E-state index in [0.29, 0.717) is 28.0 Å². The van der Waals surface area contributed by atoms with Crippen LogP contribution in [-0.4, -0.2) is 24.6 Å². The summed E-state index contributed by atoms with van der Waals surface area (Å²) in [6.45, 7) is 6.16. The molecule has 0 heterocycles. The van der Waals surface area contributed by atoms with Gasteiger partial charge in [-0.1, -0.05) is 13.0 Å². The Morgan fingerprint density at radius 3 is 2.42 bits per heavy atom. The number of hydrogen-bond donors (Lipinski definition) is 0. The molecule has 0 radical (unpaired) electrons. The van der Waals surface area contributed by atoms with E-state index in [0.717, 1.165) is 6.42 Å². The third-order valence-corrected chi connectivity index (χ3v) is 3.87. The average molecular weight is 421 g/mol. The lowest BCUT2D eigenvalue weighted by Gasteiger charge is -2.10. The van der Waals surface area contributed by atoms with Gasteiger partial charge in [-0.2, -0.15) is 0 Å². The standard InChI is InChI=1S/C20H21BrO5/c1-4-10-24-18-9-8-15(12-17(18)21)20(23)26-16-7-5-6-14(11-16)19(22)25-13(2)3/h5-9,11-13H,4,10H2,1-3H3. The van der Waals surface area contributed by atoms with Crippen LogP contribution in [0.5, 0.6) is 11.5 Å². The number of carbonyl (C=O) groups is 2. The van der Waals surface area contributed by atoms with E-state index in [4.69, 9.17) is 14.2 Å². The lowest BCUT2D eigenvalue weighted by atomic mass is 10.2. The van der Waals surface area contributed by atoms with Gasteiger partial charge in [0.1, 0.15) is 11.5 Å². The van der Waals surface area contributed by atoms with Gasteiger partial charge in [0.25, 0.3) is 0 Å². The van der Waals surface area contributed by atoms with Crippen molar-refractivity contribution in [2.45, 2.75) is 33.3 Å². The van der Waals surface area contributed by atoms with E-state index in [-0.39, 0.29) is 11.9 Å². The molecule has 0 amide bonds. The van der Waals surface area contributed by atoms with Crippen molar-refractivity contribution in [2.75, 3.05) is 6.61 Å². The Morgan fingerprint density at radius 1 is 1.04 bits per heavy atom. The maximum absolute atomic E-state index is 12.4. The van der Waals surface area contributed by atoms with Crippen LogP contribution in [0.15, 0.2) is 46.9 Å². The van der Waals surface area contributed by atoms with Gasteiger partial charge in [-0.05, 0) is 72.6 Å². The van der Waals surface area contributed by atoms with Crippen LogP contribution in [0, 0.1) is 0 Å². The normalized spacial score (nSPS) is 10.5. The minimum Gasteiger partial charge on any atom is -0.492 e. The van der Waals surface area contributed by atoms with Gasteiger partial charge in [0, 0.05) is 0 Å². The molecule has 2 aromatic carbocycles. The van der Waals surface area contributed by atoms with Gasteiger partial charge in [0.05, 0.1) is 28.3 Å². The Hall–Kier alpha value is -2.34. The number of benzene rings is 2. The Labute approximate surface area is 161 Å². The molecule has 0 spiro atoms. The summed E-state index contributed by atoms with van der Waals surface area (Å²) >= 11 is 3.39. The lowest BCUT2D eigenvalue weighted by Crippen LogP contribution is -2.12. The molecule has 0 aliphatic carbocycles. The van der Waals surface area contributed by atoms with Crippen LogP contribution in [0.4, 0.5) is 0 Å². The summed E-state index contributed by atoms with van der Waals surface area (Å²) in [6, 6.07) is 11.3. The zero-order valence-electron chi connectivity index (χ0n) is 15.0. The fraction of sp³-hybridized carbons (Fsp3) is 0.300. The second-order valence-electron chi connectivity index (χ2n) is 5.87. The van der Waals surface area contributed by atoms with Gasteiger partial charge < -0.3 is 14.2 Å². The minimum absolute atomic E-state index is 0.223. The topological polar surface area (TPSA) is 61.8 Å². The number of esters is 2. The molecule has 0 bridgehead atoms. The molecule has 0 saturated carbocycles. The highest BCUT2D eigenvalue weighted by atomic mass is 79.9. The summed E-state index contributed by atoms with van der Waals surface area (Å²) in [5.74, 6) is -0.0438. The maximum atomic E-state index is 12.4. The summed E-state index contributed by atoms with van der Waals surface area (Å²) in [6.07, 6.45) is 0.672. The first-order valence-corrected chi connectivity index (χ1v) is 9.15. The SMILES string of the molecule is CCCOc1ccc(C(=O)Oc2cccc(C(=O)OC(C)C)c2)cc1Br. The Balaban J connectivity index is 2.10. The molecular weight excluding hydrogens is 400 g/mol. The van der Waals surface area contributed by atoms with Gasteiger partial charge in [0.2, 0.25) is 0 Å². The molecule has 0 aliphatic rings. The zero-order valence-corrected chi connectivity index (χ0v) is 16.5. The predicted octanol–water partition coefficient (Wildman–Crippen LogP) is 5.02. The number of rotatable bonds is 7. The highest BCUT2D eigenvalue weighted by Gasteiger charge is 2.14. The number of hydrogen-bond acceptors (Lipinski definition) is 5. The van der Waals surface area contributed by atoms with E-state index >= 15 is 0 Å². The van der Waals surface area contributed by atoms with Crippen molar-refractivity contribution >= 4 is 27.9 Å². The van der Waals surface area contributed by atoms with Gasteiger partial charge in [-0.15, -0.1) is 0 Å². The Morgan fingerprint density at radius 2 is 1.77 bits per heavy atom. The van der Waals surface area contributed by atoms with Crippen molar-refractivity contribution in [3.63, 3.8) is 0 Å². The second kappa shape index (κ2) is 9.38. The molecule has 0 N–H and O–H groups in total. The monoisotopic (exact) mass is 420 g/mol. The van der Waals surface area contributed by atoms with Crippen molar-refractivity contribution in [3.8, 4) is 11.5 Å². The quantitative estimate of drug-likeness (QED) is 0.464. The Kier molecular flexibility index (Phi) is 7.21. The van der Waals surface area contributed by atoms with E-state index in [9.17, 15) is 9.59 Å². The minimum atomic E-state index is -0.526. The molecule has 26 heavy (non-hydrogen) atoms. The molecule has 138 valence electrons. The number of ether oxygens (including phenoxy) is 3. The smallest absolute Gasteiger partial charge is 0.343 e. The first-order valence-electron chi connectivity index (χ1n) is 8.36. The zero-order chi connectivity index (χ0) is 19.1. The maximum Gasteiger partial charge on any atom is 0.343 e. The molecule has 2 rings (SSSR count). The largest absolute Gasteiger partial charge is 0.492 e. The average Bonchev–Trinajstić information content (AvgIpc) is 2.60. The van der Waals surface area contributed by atoms with Gasteiger partial charge in [-0.3, -0.25) is 0 Å². The molecule has 6 heteroatoms. The van der Waals surface area contributed by atoms with E-state index < -0.39 is 11.9 Å². The van der Waals surface area contributed by atoms with Crippen LogP contribution in [0.1, 0.15) is 47.9 Å². The lowest BCUT2D eigenvalue weighted by molar-refractivity contribution is 0.0376. The molecule has 0 unspecified atom stereocenters. The van der Waals surface area contributed by atoms with Gasteiger partial charge in [-0.25, -0.2) is 9.59 Å². The van der Waals surface area contributed by atoms with Crippen LogP contribution in [0.3, 0.4) is 0 Å². The first kappa shape index (κ1) is 20.0. The van der Waals surface area contributed by atoms with Crippen LogP contribution in [0.2, 0.25) is 0 Å². The highest BCUT2D eigenvalue weighted by Crippen LogP contribution is 2.27. The first-order chi connectivity index (χ1) is 12.4. The highest BCUT2D eigenvalue weighted by molar-refractivity contribution is 9.10.